The van der Waals surface area contributed by atoms with E-state index in [1.165, 1.54) is 0 Å². The van der Waals surface area contributed by atoms with E-state index in [1.54, 1.807) is 7.05 Å². The van der Waals surface area contributed by atoms with Crippen LogP contribution >= 0.6 is 0 Å². The lowest BCUT2D eigenvalue weighted by Gasteiger charge is -2.08. The van der Waals surface area contributed by atoms with Crippen LogP contribution in [0.25, 0.3) is 0 Å². The first-order valence-corrected chi connectivity index (χ1v) is 4.16. The van der Waals surface area contributed by atoms with E-state index < -0.39 is 11.1 Å². The lowest BCUT2D eigenvalue weighted by molar-refractivity contribution is 0.521. The molecule has 0 radical (unpaired) electrons. The molecule has 56 valence electrons. The predicted octanol–water partition coefficient (Wildman–Crippen LogP) is 0.554. The van der Waals surface area contributed by atoms with Gasteiger partial charge in [0.2, 0.25) is 0 Å². The Morgan fingerprint density at radius 3 is 2.44 bits per heavy atom. The van der Waals surface area contributed by atoms with Crippen LogP contribution in [0.5, 0.6) is 0 Å². The van der Waals surface area contributed by atoms with Crippen molar-refractivity contribution >= 4 is 11.1 Å². The van der Waals surface area contributed by atoms with Crippen LogP contribution in [-0.2, 0) is 11.1 Å². The van der Waals surface area contributed by atoms with Gasteiger partial charge in [-0.05, 0) is 13.5 Å². The predicted molar refractivity (Wildman–Crippen MR) is 38.5 cm³/mol. The highest BCUT2D eigenvalue weighted by Gasteiger charge is 2.09. The summed E-state index contributed by atoms with van der Waals surface area (Å²) in [5.74, 6) is 0. The Hall–Kier alpha value is 0.0700. The van der Waals surface area contributed by atoms with Gasteiger partial charge in [0, 0.05) is 0 Å². The number of hydrogen-bond acceptors (Lipinski definition) is 2. The van der Waals surface area contributed by atoms with Gasteiger partial charge in [-0.15, -0.1) is 0 Å². The first-order chi connectivity index (χ1) is 4.22. The molecular weight excluding hydrogens is 138 g/mol. The number of hydrogen-bond donors (Lipinski definition) is 2. The zero-order valence-corrected chi connectivity index (χ0v) is 6.57. The van der Waals surface area contributed by atoms with E-state index in [4.69, 9.17) is 4.55 Å². The molecule has 0 aliphatic heterocycles. The molecule has 0 saturated carbocycles. The summed E-state index contributed by atoms with van der Waals surface area (Å²) in [5.41, 5.74) is 0. The average molecular weight is 151 g/mol. The van der Waals surface area contributed by atoms with Gasteiger partial charge in [-0.1, -0.05) is 13.3 Å². The minimum Gasteiger partial charge on any atom is -0.305 e. The third kappa shape index (κ3) is 3.61. The Morgan fingerprint density at radius 1 is 1.78 bits per heavy atom. The van der Waals surface area contributed by atoms with Gasteiger partial charge in [-0.2, -0.15) is 0 Å². The highest BCUT2D eigenvalue weighted by molar-refractivity contribution is 7.79. The van der Waals surface area contributed by atoms with Crippen LogP contribution in [0.2, 0.25) is 0 Å². The topological polar surface area (TPSA) is 49.3 Å². The summed E-state index contributed by atoms with van der Waals surface area (Å²) >= 11 is -1.71. The second-order valence-electron chi connectivity index (χ2n) is 1.84. The highest BCUT2D eigenvalue weighted by atomic mass is 32.2. The second kappa shape index (κ2) is 4.90. The van der Waals surface area contributed by atoms with Crippen molar-refractivity contribution in [3.05, 3.63) is 0 Å². The van der Waals surface area contributed by atoms with Gasteiger partial charge in [0.1, 0.15) is 5.37 Å². The first-order valence-electron chi connectivity index (χ1n) is 2.99. The maximum Gasteiger partial charge on any atom is 0.170 e. The molecule has 4 heteroatoms. The third-order valence-corrected chi connectivity index (χ3v) is 2.07. The van der Waals surface area contributed by atoms with Crippen molar-refractivity contribution in [2.75, 3.05) is 7.05 Å². The molecule has 0 bridgehead atoms. The number of rotatable bonds is 4. The fourth-order valence-corrected chi connectivity index (χ4v) is 1.25. The van der Waals surface area contributed by atoms with E-state index in [0.717, 1.165) is 12.8 Å². The van der Waals surface area contributed by atoms with E-state index in [9.17, 15) is 4.21 Å². The van der Waals surface area contributed by atoms with Gasteiger partial charge < -0.3 is 9.87 Å². The Balaban J connectivity index is 3.54. The molecule has 9 heavy (non-hydrogen) atoms. The Bertz CT molecular complexity index is 97.0. The zero-order valence-electron chi connectivity index (χ0n) is 5.76. The van der Waals surface area contributed by atoms with Gasteiger partial charge in [-0.3, -0.25) is 0 Å². The summed E-state index contributed by atoms with van der Waals surface area (Å²) in [6.07, 6.45) is 1.68. The van der Waals surface area contributed by atoms with Crippen LogP contribution in [-0.4, -0.2) is 21.2 Å². The molecule has 0 heterocycles. The average Bonchev–Trinajstić information content (AvgIpc) is 1.82. The van der Waals surface area contributed by atoms with Gasteiger partial charge in [0.05, 0.1) is 0 Å². The highest BCUT2D eigenvalue weighted by Crippen LogP contribution is 1.97. The smallest absolute Gasteiger partial charge is 0.170 e. The molecule has 0 aliphatic carbocycles. The molecular formula is C5H13NO2S. The number of nitrogens with one attached hydrogen (secondary N) is 1. The Labute approximate surface area is 58.1 Å². The fourth-order valence-electron chi connectivity index (χ4n) is 0.608. The zero-order chi connectivity index (χ0) is 7.28. The van der Waals surface area contributed by atoms with Crippen molar-refractivity contribution in [3.63, 3.8) is 0 Å². The van der Waals surface area contributed by atoms with E-state index in [0.29, 0.717) is 0 Å². The van der Waals surface area contributed by atoms with Gasteiger partial charge in [-0.25, -0.2) is 4.21 Å². The van der Waals surface area contributed by atoms with E-state index >= 15 is 0 Å². The second-order valence-corrected chi connectivity index (χ2v) is 2.96. The lowest BCUT2D eigenvalue weighted by Crippen LogP contribution is -2.29. The summed E-state index contributed by atoms with van der Waals surface area (Å²) < 4.78 is 18.9. The quantitative estimate of drug-likeness (QED) is 0.577. The summed E-state index contributed by atoms with van der Waals surface area (Å²) in [5, 5.41) is 2.50. The molecule has 0 amide bonds. The van der Waals surface area contributed by atoms with Crippen LogP contribution in [0, 0.1) is 0 Å². The Morgan fingerprint density at radius 2 is 2.33 bits per heavy atom. The standard InChI is InChI=1S/C5H13NO2S/c1-3-4-5(6-2)9(7)8/h5-6H,3-4H2,1-2H3,(H,7,8). The van der Waals surface area contributed by atoms with E-state index in [2.05, 4.69) is 5.32 Å². The van der Waals surface area contributed by atoms with E-state index in [-0.39, 0.29) is 5.37 Å². The molecule has 0 aromatic rings. The summed E-state index contributed by atoms with van der Waals surface area (Å²) in [6, 6.07) is 0. The van der Waals surface area contributed by atoms with Crippen LogP contribution in [0.4, 0.5) is 0 Å². The van der Waals surface area contributed by atoms with Crippen molar-refractivity contribution in [1.29, 1.82) is 0 Å². The normalized spacial score (nSPS) is 17.2. The van der Waals surface area contributed by atoms with Crippen LogP contribution in [0.15, 0.2) is 0 Å². The monoisotopic (exact) mass is 151 g/mol. The van der Waals surface area contributed by atoms with Crippen LogP contribution < -0.4 is 5.32 Å². The molecule has 2 atom stereocenters. The van der Waals surface area contributed by atoms with Gasteiger partial charge in [0.15, 0.2) is 11.1 Å². The molecule has 0 aromatic carbocycles. The van der Waals surface area contributed by atoms with Crippen molar-refractivity contribution < 1.29 is 8.76 Å². The largest absolute Gasteiger partial charge is 0.305 e. The molecule has 0 aromatic heterocycles. The summed E-state index contributed by atoms with van der Waals surface area (Å²) in [6.45, 7) is 1.98. The molecule has 0 saturated heterocycles. The van der Waals surface area contributed by atoms with Crippen molar-refractivity contribution in [2.24, 2.45) is 0 Å². The van der Waals surface area contributed by atoms with Gasteiger partial charge >= 0.3 is 0 Å². The summed E-state index contributed by atoms with van der Waals surface area (Å²) in [7, 11) is 1.69. The molecule has 0 fully saturated rings. The lowest BCUT2D eigenvalue weighted by atomic mass is 10.3. The summed E-state index contributed by atoms with van der Waals surface area (Å²) in [4.78, 5) is 0. The Kier molecular flexibility index (Phi) is 4.94. The molecule has 2 N–H and O–H groups in total. The minimum atomic E-state index is -1.71. The van der Waals surface area contributed by atoms with Crippen LogP contribution in [0.3, 0.4) is 0 Å². The third-order valence-electron chi connectivity index (χ3n) is 1.12. The molecule has 0 rings (SSSR count). The first kappa shape index (κ1) is 9.07. The van der Waals surface area contributed by atoms with Crippen molar-refractivity contribution in [1.82, 2.24) is 5.32 Å². The van der Waals surface area contributed by atoms with E-state index in [1.807, 2.05) is 6.92 Å². The van der Waals surface area contributed by atoms with Crippen LogP contribution in [0.1, 0.15) is 19.8 Å². The fraction of sp³-hybridized carbons (Fsp3) is 1.00. The minimum absolute atomic E-state index is 0.255. The maximum atomic E-state index is 10.4. The molecule has 0 aliphatic rings. The maximum absolute atomic E-state index is 10.4. The molecule has 0 spiro atoms. The van der Waals surface area contributed by atoms with Gasteiger partial charge in [0.25, 0.3) is 0 Å². The molecule has 3 nitrogen and oxygen atoms in total. The van der Waals surface area contributed by atoms with Crippen molar-refractivity contribution in [2.45, 2.75) is 25.1 Å². The van der Waals surface area contributed by atoms with Crippen molar-refractivity contribution in [3.8, 4) is 0 Å². The SMILES string of the molecule is CCCC(NC)S(=O)O. The molecule has 2 unspecified atom stereocenters.